The summed E-state index contributed by atoms with van der Waals surface area (Å²) in [5.74, 6) is 0.596. The first-order chi connectivity index (χ1) is 8.00. The summed E-state index contributed by atoms with van der Waals surface area (Å²) in [7, 11) is -1.98. The Morgan fingerprint density at radius 3 is 2.82 bits per heavy atom. The fraction of sp³-hybridized carbons (Fsp3) is 0.222. The first kappa shape index (κ1) is 12.6. The van der Waals surface area contributed by atoms with Crippen LogP contribution in [0.1, 0.15) is 5.82 Å². The van der Waals surface area contributed by atoms with Crippen LogP contribution in [0.15, 0.2) is 28.7 Å². The molecule has 17 heavy (non-hydrogen) atoms. The topological polar surface area (TPSA) is 66.1 Å². The fourth-order valence-electron chi connectivity index (χ4n) is 1.27. The van der Waals surface area contributed by atoms with Crippen molar-refractivity contribution in [3.8, 4) is 0 Å². The molecule has 2 aromatic heterocycles. The molecular formula is C9H10ClN3O2S2. The highest BCUT2D eigenvalue weighted by Crippen LogP contribution is 2.27. The molecule has 0 bridgehead atoms. The number of sulfonamides is 1. The summed E-state index contributed by atoms with van der Waals surface area (Å²) in [5, 5.41) is 0. The van der Waals surface area contributed by atoms with Crippen LogP contribution in [-0.4, -0.2) is 29.7 Å². The van der Waals surface area contributed by atoms with E-state index in [-0.39, 0.29) is 10.8 Å². The number of halogens is 1. The lowest BCUT2D eigenvalue weighted by molar-refractivity contribution is 0.460. The van der Waals surface area contributed by atoms with Gasteiger partial charge in [-0.1, -0.05) is 11.6 Å². The van der Waals surface area contributed by atoms with Gasteiger partial charge in [-0.3, -0.25) is 0 Å². The number of nitrogens with zero attached hydrogens (tertiary/aromatic N) is 2. The molecule has 5 nitrogen and oxygen atoms in total. The molecule has 0 aliphatic carbocycles. The van der Waals surface area contributed by atoms with Crippen LogP contribution in [0.25, 0.3) is 0 Å². The summed E-state index contributed by atoms with van der Waals surface area (Å²) < 4.78 is 26.1. The molecule has 0 saturated carbocycles. The van der Waals surface area contributed by atoms with E-state index in [9.17, 15) is 8.42 Å². The van der Waals surface area contributed by atoms with Gasteiger partial charge in [-0.25, -0.2) is 13.4 Å². The molecular weight excluding hydrogens is 282 g/mol. The van der Waals surface area contributed by atoms with Gasteiger partial charge < -0.3 is 4.98 Å². The minimum absolute atomic E-state index is 0.199. The van der Waals surface area contributed by atoms with Gasteiger partial charge in [-0.15, -0.1) is 11.3 Å². The monoisotopic (exact) mass is 291 g/mol. The number of rotatable bonds is 4. The lowest BCUT2D eigenvalue weighted by Crippen LogP contribution is -2.26. The van der Waals surface area contributed by atoms with E-state index in [0.717, 1.165) is 11.3 Å². The minimum Gasteiger partial charge on any atom is -0.347 e. The van der Waals surface area contributed by atoms with Gasteiger partial charge in [0.1, 0.15) is 10.0 Å². The average Bonchev–Trinajstić information content (AvgIpc) is 2.89. The van der Waals surface area contributed by atoms with Crippen LogP contribution in [0.4, 0.5) is 0 Å². The number of hydrogen-bond donors (Lipinski definition) is 1. The normalized spacial score (nSPS) is 12.2. The maximum Gasteiger partial charge on any atom is 0.252 e. The summed E-state index contributed by atoms with van der Waals surface area (Å²) in [4.78, 5) is 6.84. The molecule has 0 aromatic carbocycles. The molecule has 8 heteroatoms. The van der Waals surface area contributed by atoms with Gasteiger partial charge >= 0.3 is 0 Å². The van der Waals surface area contributed by atoms with Crippen LogP contribution < -0.4 is 0 Å². The lowest BCUT2D eigenvalue weighted by atomic mass is 10.6. The maximum atomic E-state index is 12.1. The predicted octanol–water partition coefficient (Wildman–Crippen LogP) is 1.95. The first-order valence-electron chi connectivity index (χ1n) is 4.70. The Kier molecular flexibility index (Phi) is 3.53. The van der Waals surface area contributed by atoms with Gasteiger partial charge in [-0.05, 0) is 12.1 Å². The van der Waals surface area contributed by atoms with Gasteiger partial charge in [0.25, 0.3) is 10.0 Å². The summed E-state index contributed by atoms with van der Waals surface area (Å²) in [6.07, 6.45) is 3.23. The summed E-state index contributed by atoms with van der Waals surface area (Å²) >= 11 is 6.77. The van der Waals surface area contributed by atoms with E-state index in [1.807, 2.05) is 0 Å². The van der Waals surface area contributed by atoms with E-state index < -0.39 is 10.0 Å². The first-order valence-corrected chi connectivity index (χ1v) is 7.33. The molecule has 2 rings (SSSR count). The SMILES string of the molecule is CN(Cc1ncc[nH]1)S(=O)(=O)c1ccc(Cl)s1. The van der Waals surface area contributed by atoms with Crippen LogP contribution in [0.3, 0.4) is 0 Å². The van der Waals surface area contributed by atoms with Gasteiger partial charge in [0.15, 0.2) is 0 Å². The van der Waals surface area contributed by atoms with Crippen molar-refractivity contribution in [2.75, 3.05) is 7.05 Å². The standard InChI is InChI=1S/C9H10ClN3O2S2/c1-13(6-8-11-4-5-12-8)17(14,15)9-3-2-7(10)16-9/h2-5H,6H2,1H3,(H,11,12). The van der Waals surface area contributed by atoms with Crippen molar-refractivity contribution in [1.82, 2.24) is 14.3 Å². The van der Waals surface area contributed by atoms with Gasteiger partial charge in [0, 0.05) is 19.4 Å². The van der Waals surface area contributed by atoms with E-state index in [1.54, 1.807) is 18.5 Å². The number of aromatic nitrogens is 2. The Balaban J connectivity index is 2.21. The van der Waals surface area contributed by atoms with Crippen LogP contribution in [-0.2, 0) is 16.6 Å². The summed E-state index contributed by atoms with van der Waals surface area (Å²) in [6, 6.07) is 3.07. The quantitative estimate of drug-likeness (QED) is 0.936. The number of thiophene rings is 1. The minimum atomic E-state index is -3.49. The van der Waals surface area contributed by atoms with Crippen molar-refractivity contribution < 1.29 is 8.42 Å². The number of imidazole rings is 1. The van der Waals surface area contributed by atoms with E-state index in [0.29, 0.717) is 10.2 Å². The maximum absolute atomic E-state index is 12.1. The zero-order valence-corrected chi connectivity index (χ0v) is 11.3. The van der Waals surface area contributed by atoms with Crippen LogP contribution in [0.2, 0.25) is 4.34 Å². The highest BCUT2D eigenvalue weighted by atomic mass is 35.5. The number of H-pyrrole nitrogens is 1. The number of aromatic amines is 1. The Morgan fingerprint density at radius 1 is 1.53 bits per heavy atom. The highest BCUT2D eigenvalue weighted by molar-refractivity contribution is 7.91. The molecule has 0 aliphatic rings. The van der Waals surface area contributed by atoms with Crippen molar-refractivity contribution in [1.29, 1.82) is 0 Å². The second-order valence-corrected chi connectivity index (χ2v) is 7.34. The zero-order valence-electron chi connectivity index (χ0n) is 8.92. The Bertz CT molecular complexity index is 592. The summed E-state index contributed by atoms with van der Waals surface area (Å²) in [5.41, 5.74) is 0. The van der Waals surface area contributed by atoms with Gasteiger partial charge in [0.2, 0.25) is 0 Å². The van der Waals surface area contributed by atoms with E-state index >= 15 is 0 Å². The molecule has 2 aromatic rings. The van der Waals surface area contributed by atoms with Crippen LogP contribution in [0.5, 0.6) is 0 Å². The molecule has 92 valence electrons. The average molecular weight is 292 g/mol. The zero-order chi connectivity index (χ0) is 12.5. The molecule has 0 atom stereocenters. The largest absolute Gasteiger partial charge is 0.347 e. The number of hydrogen-bond acceptors (Lipinski definition) is 4. The molecule has 0 amide bonds. The van der Waals surface area contributed by atoms with Gasteiger partial charge in [-0.2, -0.15) is 4.31 Å². The smallest absolute Gasteiger partial charge is 0.252 e. The third kappa shape index (κ3) is 2.68. The molecule has 1 N–H and O–H groups in total. The number of nitrogens with one attached hydrogen (secondary N) is 1. The molecule has 2 heterocycles. The molecule has 0 spiro atoms. The molecule has 0 radical (unpaired) electrons. The summed E-state index contributed by atoms with van der Waals surface area (Å²) in [6.45, 7) is 0.199. The molecule has 0 aliphatic heterocycles. The van der Waals surface area contributed by atoms with E-state index in [1.165, 1.54) is 17.4 Å². The van der Waals surface area contributed by atoms with E-state index in [4.69, 9.17) is 11.6 Å². The van der Waals surface area contributed by atoms with Crippen molar-refractivity contribution >= 4 is 33.0 Å². The van der Waals surface area contributed by atoms with Crippen LogP contribution in [0, 0.1) is 0 Å². The Hall–Kier alpha value is -0.890. The fourth-order valence-corrected chi connectivity index (χ4v) is 4.10. The van der Waals surface area contributed by atoms with E-state index in [2.05, 4.69) is 9.97 Å². The predicted molar refractivity (Wildman–Crippen MR) is 66.6 cm³/mol. The van der Waals surface area contributed by atoms with Gasteiger partial charge in [0.05, 0.1) is 10.9 Å². The highest BCUT2D eigenvalue weighted by Gasteiger charge is 2.23. The van der Waals surface area contributed by atoms with Crippen molar-refractivity contribution in [2.45, 2.75) is 10.8 Å². The van der Waals surface area contributed by atoms with Crippen molar-refractivity contribution in [2.24, 2.45) is 0 Å². The third-order valence-corrected chi connectivity index (χ3v) is 5.64. The Morgan fingerprint density at radius 2 is 2.29 bits per heavy atom. The second kappa shape index (κ2) is 4.77. The Labute approximate surface area is 108 Å². The molecule has 0 unspecified atom stereocenters. The van der Waals surface area contributed by atoms with Crippen molar-refractivity contribution in [3.63, 3.8) is 0 Å². The van der Waals surface area contributed by atoms with Crippen molar-refractivity contribution in [3.05, 3.63) is 34.7 Å². The molecule has 0 fully saturated rings. The van der Waals surface area contributed by atoms with Crippen LogP contribution >= 0.6 is 22.9 Å². The third-order valence-electron chi connectivity index (χ3n) is 2.14. The lowest BCUT2D eigenvalue weighted by Gasteiger charge is -2.14. The second-order valence-electron chi connectivity index (χ2n) is 3.36. The molecule has 0 saturated heterocycles.